The summed E-state index contributed by atoms with van der Waals surface area (Å²) in [5.41, 5.74) is -0.142. The summed E-state index contributed by atoms with van der Waals surface area (Å²) in [5.74, 6) is 0.384. The smallest absolute Gasteiger partial charge is 0.161 e. The first-order valence-electron chi connectivity index (χ1n) is 5.75. The summed E-state index contributed by atoms with van der Waals surface area (Å²) in [6.07, 6.45) is 1.03. The molecule has 0 radical (unpaired) electrons. The van der Waals surface area contributed by atoms with Crippen molar-refractivity contribution in [3.63, 3.8) is 0 Å². The van der Waals surface area contributed by atoms with E-state index in [2.05, 4.69) is 20.8 Å². The van der Waals surface area contributed by atoms with Crippen LogP contribution < -0.4 is 0 Å². The standard InChI is InChI=1S/C12H24O3/c1-8(2)14-11-7-12(5,13-6)9(3)10(4)15-11/h8-11H,7H2,1-6H3/t9-,10-,11+,12+/m1/s1. The van der Waals surface area contributed by atoms with Crippen molar-refractivity contribution in [2.24, 2.45) is 5.92 Å². The highest BCUT2D eigenvalue weighted by atomic mass is 16.7. The van der Waals surface area contributed by atoms with Crippen LogP contribution in [0.2, 0.25) is 0 Å². The van der Waals surface area contributed by atoms with Gasteiger partial charge in [-0.2, -0.15) is 0 Å². The highest BCUT2D eigenvalue weighted by Gasteiger charge is 2.43. The van der Waals surface area contributed by atoms with E-state index >= 15 is 0 Å². The third-order valence-corrected chi connectivity index (χ3v) is 3.50. The highest BCUT2D eigenvalue weighted by molar-refractivity contribution is 4.89. The van der Waals surface area contributed by atoms with Crippen molar-refractivity contribution in [1.82, 2.24) is 0 Å². The molecular weight excluding hydrogens is 192 g/mol. The van der Waals surface area contributed by atoms with Crippen LogP contribution in [0, 0.1) is 5.92 Å². The van der Waals surface area contributed by atoms with E-state index in [0.717, 1.165) is 6.42 Å². The molecule has 0 unspecified atom stereocenters. The van der Waals surface area contributed by atoms with Crippen LogP contribution in [0.4, 0.5) is 0 Å². The zero-order valence-corrected chi connectivity index (χ0v) is 10.7. The van der Waals surface area contributed by atoms with E-state index in [1.807, 2.05) is 13.8 Å². The molecule has 0 aromatic heterocycles. The number of hydrogen-bond donors (Lipinski definition) is 0. The number of rotatable bonds is 3. The SMILES string of the molecule is CO[C@@]1(C)C[C@@H](OC(C)C)O[C@H](C)[C@H]1C. The lowest BCUT2D eigenvalue weighted by Crippen LogP contribution is -2.51. The Balaban J connectivity index is 2.67. The zero-order valence-electron chi connectivity index (χ0n) is 10.7. The van der Waals surface area contributed by atoms with E-state index in [-0.39, 0.29) is 24.1 Å². The molecular formula is C12H24O3. The Bertz CT molecular complexity index is 205. The van der Waals surface area contributed by atoms with Gasteiger partial charge in [-0.1, -0.05) is 6.92 Å². The first-order valence-corrected chi connectivity index (χ1v) is 5.75. The Morgan fingerprint density at radius 2 is 1.93 bits per heavy atom. The van der Waals surface area contributed by atoms with Crippen molar-refractivity contribution in [3.05, 3.63) is 0 Å². The van der Waals surface area contributed by atoms with Gasteiger partial charge in [-0.3, -0.25) is 0 Å². The Hall–Kier alpha value is -0.120. The molecule has 1 saturated heterocycles. The fraction of sp³-hybridized carbons (Fsp3) is 1.00. The molecule has 15 heavy (non-hydrogen) atoms. The number of methoxy groups -OCH3 is 1. The lowest BCUT2D eigenvalue weighted by atomic mass is 9.81. The fourth-order valence-corrected chi connectivity index (χ4v) is 2.07. The number of ether oxygens (including phenoxy) is 3. The maximum atomic E-state index is 5.80. The van der Waals surface area contributed by atoms with Crippen LogP contribution in [-0.4, -0.2) is 31.2 Å². The second-order valence-electron chi connectivity index (χ2n) is 4.97. The van der Waals surface area contributed by atoms with Gasteiger partial charge in [0.2, 0.25) is 0 Å². The molecule has 1 rings (SSSR count). The topological polar surface area (TPSA) is 27.7 Å². The minimum atomic E-state index is -0.142. The molecule has 0 amide bonds. The van der Waals surface area contributed by atoms with E-state index in [4.69, 9.17) is 14.2 Å². The molecule has 0 aromatic rings. The van der Waals surface area contributed by atoms with E-state index in [0.29, 0.717) is 5.92 Å². The molecule has 0 spiro atoms. The highest BCUT2D eigenvalue weighted by Crippen LogP contribution is 2.36. The molecule has 3 nitrogen and oxygen atoms in total. The normalized spacial score (nSPS) is 42.2. The van der Waals surface area contributed by atoms with Crippen LogP contribution in [0.5, 0.6) is 0 Å². The Labute approximate surface area is 93.1 Å². The molecule has 0 N–H and O–H groups in total. The molecule has 1 aliphatic heterocycles. The molecule has 4 atom stereocenters. The van der Waals surface area contributed by atoms with Crippen LogP contribution in [-0.2, 0) is 14.2 Å². The molecule has 0 aromatic carbocycles. The van der Waals surface area contributed by atoms with Crippen molar-refractivity contribution in [2.45, 2.75) is 65.1 Å². The fourth-order valence-electron chi connectivity index (χ4n) is 2.07. The molecule has 3 heteroatoms. The largest absolute Gasteiger partial charge is 0.378 e. The van der Waals surface area contributed by atoms with Gasteiger partial charge in [0.1, 0.15) is 0 Å². The summed E-state index contributed by atoms with van der Waals surface area (Å²) in [4.78, 5) is 0. The Morgan fingerprint density at radius 1 is 1.33 bits per heavy atom. The molecule has 90 valence electrons. The summed E-state index contributed by atoms with van der Waals surface area (Å²) < 4.78 is 17.1. The average molecular weight is 216 g/mol. The lowest BCUT2D eigenvalue weighted by molar-refractivity contribution is -0.268. The van der Waals surface area contributed by atoms with Crippen LogP contribution in [0.25, 0.3) is 0 Å². The molecule has 0 saturated carbocycles. The van der Waals surface area contributed by atoms with Crippen molar-refractivity contribution >= 4 is 0 Å². The quantitative estimate of drug-likeness (QED) is 0.725. The van der Waals surface area contributed by atoms with Crippen molar-refractivity contribution in [2.75, 3.05) is 7.11 Å². The average Bonchev–Trinajstić information content (AvgIpc) is 2.13. The lowest BCUT2D eigenvalue weighted by Gasteiger charge is -2.45. The third kappa shape index (κ3) is 2.92. The molecule has 1 fully saturated rings. The minimum absolute atomic E-state index is 0.138. The maximum absolute atomic E-state index is 5.80. The Kier molecular flexibility index (Phi) is 4.15. The predicted octanol–water partition coefficient (Wildman–Crippen LogP) is 2.59. The third-order valence-electron chi connectivity index (χ3n) is 3.50. The number of hydrogen-bond acceptors (Lipinski definition) is 3. The van der Waals surface area contributed by atoms with E-state index in [9.17, 15) is 0 Å². The van der Waals surface area contributed by atoms with Gasteiger partial charge in [-0.15, -0.1) is 0 Å². The van der Waals surface area contributed by atoms with Crippen molar-refractivity contribution < 1.29 is 14.2 Å². The zero-order chi connectivity index (χ0) is 11.6. The Morgan fingerprint density at radius 3 is 2.40 bits per heavy atom. The van der Waals surface area contributed by atoms with Gasteiger partial charge >= 0.3 is 0 Å². The monoisotopic (exact) mass is 216 g/mol. The van der Waals surface area contributed by atoms with Crippen LogP contribution >= 0.6 is 0 Å². The first kappa shape index (κ1) is 12.9. The molecule has 0 bridgehead atoms. The van der Waals surface area contributed by atoms with E-state index in [1.54, 1.807) is 7.11 Å². The van der Waals surface area contributed by atoms with E-state index in [1.165, 1.54) is 0 Å². The van der Waals surface area contributed by atoms with Crippen molar-refractivity contribution in [1.29, 1.82) is 0 Å². The second kappa shape index (κ2) is 4.81. The van der Waals surface area contributed by atoms with E-state index < -0.39 is 0 Å². The summed E-state index contributed by atoms with van der Waals surface area (Å²) in [6, 6.07) is 0. The van der Waals surface area contributed by atoms with Gasteiger partial charge in [-0.05, 0) is 27.7 Å². The predicted molar refractivity (Wildman–Crippen MR) is 59.8 cm³/mol. The molecule has 1 heterocycles. The van der Waals surface area contributed by atoms with Gasteiger partial charge < -0.3 is 14.2 Å². The summed E-state index contributed by atoms with van der Waals surface area (Å²) in [6.45, 7) is 10.4. The summed E-state index contributed by atoms with van der Waals surface area (Å²) in [5, 5.41) is 0. The minimum Gasteiger partial charge on any atom is -0.378 e. The van der Waals surface area contributed by atoms with Gasteiger partial charge in [0.25, 0.3) is 0 Å². The summed E-state index contributed by atoms with van der Waals surface area (Å²) in [7, 11) is 1.76. The summed E-state index contributed by atoms with van der Waals surface area (Å²) >= 11 is 0. The molecule has 0 aliphatic carbocycles. The van der Waals surface area contributed by atoms with Crippen molar-refractivity contribution in [3.8, 4) is 0 Å². The second-order valence-corrected chi connectivity index (χ2v) is 4.97. The van der Waals surface area contributed by atoms with Crippen LogP contribution in [0.1, 0.15) is 41.0 Å². The van der Waals surface area contributed by atoms with Gasteiger partial charge in [0.15, 0.2) is 6.29 Å². The van der Waals surface area contributed by atoms with Crippen LogP contribution in [0.3, 0.4) is 0 Å². The van der Waals surface area contributed by atoms with Gasteiger partial charge in [0.05, 0.1) is 17.8 Å². The van der Waals surface area contributed by atoms with Crippen LogP contribution in [0.15, 0.2) is 0 Å². The molecule has 1 aliphatic rings. The first-order chi connectivity index (χ1) is 6.89. The van der Waals surface area contributed by atoms with Gasteiger partial charge in [0, 0.05) is 19.4 Å². The van der Waals surface area contributed by atoms with Gasteiger partial charge in [-0.25, -0.2) is 0 Å². The maximum Gasteiger partial charge on any atom is 0.161 e.